The van der Waals surface area contributed by atoms with E-state index in [-0.39, 0.29) is 5.82 Å². The second kappa shape index (κ2) is 7.16. The number of likely N-dealkylation sites (N-methyl/N-ethyl adjacent to an activating group) is 1. The molecule has 20 heavy (non-hydrogen) atoms. The molecule has 1 N–H and O–H groups in total. The number of halogens is 1. The average molecular weight is 280 g/mol. The van der Waals surface area contributed by atoms with Crippen molar-refractivity contribution in [3.8, 4) is 0 Å². The fraction of sp³-hybridized carbons (Fsp3) is 0.625. The Morgan fingerprint density at radius 2 is 2.25 bits per heavy atom. The Labute approximate surface area is 121 Å². The summed E-state index contributed by atoms with van der Waals surface area (Å²) in [4.78, 5) is 4.67. The first-order chi connectivity index (χ1) is 9.56. The molecule has 1 fully saturated rings. The fourth-order valence-corrected chi connectivity index (χ4v) is 2.84. The SMILES string of the molecule is CN(C)C1CCCN(CCC(O)c2cccc(F)c2)C1. The zero-order valence-corrected chi connectivity index (χ0v) is 12.4. The molecule has 3 nitrogen and oxygen atoms in total. The molecule has 1 heterocycles. The third-order valence-corrected chi connectivity index (χ3v) is 4.16. The Balaban J connectivity index is 1.82. The molecular weight excluding hydrogens is 255 g/mol. The molecule has 1 aromatic rings. The zero-order chi connectivity index (χ0) is 14.5. The normalized spacial score (nSPS) is 22.1. The molecule has 1 aliphatic rings. The minimum Gasteiger partial charge on any atom is -0.388 e. The van der Waals surface area contributed by atoms with Gasteiger partial charge in [0.15, 0.2) is 0 Å². The second-order valence-corrected chi connectivity index (χ2v) is 5.92. The molecule has 0 spiro atoms. The van der Waals surface area contributed by atoms with Gasteiger partial charge >= 0.3 is 0 Å². The molecule has 0 bridgehead atoms. The molecule has 112 valence electrons. The van der Waals surface area contributed by atoms with E-state index in [2.05, 4.69) is 23.9 Å². The summed E-state index contributed by atoms with van der Waals surface area (Å²) < 4.78 is 13.1. The van der Waals surface area contributed by atoms with E-state index >= 15 is 0 Å². The fourth-order valence-electron chi connectivity index (χ4n) is 2.84. The molecule has 0 amide bonds. The first-order valence-electron chi connectivity index (χ1n) is 7.38. The molecule has 1 aromatic carbocycles. The molecule has 1 aliphatic heterocycles. The van der Waals surface area contributed by atoms with Crippen LogP contribution >= 0.6 is 0 Å². The highest BCUT2D eigenvalue weighted by Crippen LogP contribution is 2.20. The standard InChI is InChI=1S/C16H25FN2O/c1-18(2)15-7-4-9-19(12-15)10-8-16(20)13-5-3-6-14(17)11-13/h3,5-6,11,15-16,20H,4,7-10,12H2,1-2H3. The van der Waals surface area contributed by atoms with Gasteiger partial charge in [-0.05, 0) is 57.6 Å². The molecule has 0 saturated carbocycles. The lowest BCUT2D eigenvalue weighted by molar-refractivity contribution is 0.102. The van der Waals surface area contributed by atoms with Gasteiger partial charge in [0, 0.05) is 19.1 Å². The van der Waals surface area contributed by atoms with Gasteiger partial charge < -0.3 is 14.9 Å². The number of hydrogen-bond donors (Lipinski definition) is 1. The van der Waals surface area contributed by atoms with Gasteiger partial charge in [0.05, 0.1) is 6.10 Å². The predicted molar refractivity (Wildman–Crippen MR) is 79.1 cm³/mol. The molecule has 1 saturated heterocycles. The summed E-state index contributed by atoms with van der Waals surface area (Å²) in [6.07, 6.45) is 2.53. The number of rotatable bonds is 5. The van der Waals surface area contributed by atoms with Gasteiger partial charge in [-0.1, -0.05) is 12.1 Å². The van der Waals surface area contributed by atoms with Crippen molar-refractivity contribution in [3.05, 3.63) is 35.6 Å². The molecule has 0 radical (unpaired) electrons. The van der Waals surface area contributed by atoms with E-state index in [0.29, 0.717) is 18.0 Å². The highest BCUT2D eigenvalue weighted by molar-refractivity contribution is 5.18. The monoisotopic (exact) mass is 280 g/mol. The van der Waals surface area contributed by atoms with Crippen LogP contribution < -0.4 is 0 Å². The molecule has 0 aromatic heterocycles. The number of benzene rings is 1. The van der Waals surface area contributed by atoms with Crippen LogP contribution in [0.3, 0.4) is 0 Å². The lowest BCUT2D eigenvalue weighted by atomic mass is 10.0. The van der Waals surface area contributed by atoms with Crippen molar-refractivity contribution in [2.75, 3.05) is 33.7 Å². The average Bonchev–Trinajstić information content (AvgIpc) is 2.45. The number of hydrogen-bond acceptors (Lipinski definition) is 3. The molecule has 2 atom stereocenters. The van der Waals surface area contributed by atoms with Crippen LogP contribution in [-0.2, 0) is 0 Å². The summed E-state index contributed by atoms with van der Waals surface area (Å²) in [5.41, 5.74) is 0.672. The van der Waals surface area contributed by atoms with Crippen LogP contribution in [0.1, 0.15) is 30.9 Å². The molecule has 2 rings (SSSR count). The summed E-state index contributed by atoms with van der Waals surface area (Å²) in [7, 11) is 4.24. The van der Waals surface area contributed by atoms with E-state index in [1.165, 1.54) is 25.0 Å². The lowest BCUT2D eigenvalue weighted by Crippen LogP contribution is -2.45. The molecule has 2 unspecified atom stereocenters. The van der Waals surface area contributed by atoms with E-state index in [1.807, 2.05) is 0 Å². The van der Waals surface area contributed by atoms with Crippen molar-refractivity contribution in [1.82, 2.24) is 9.80 Å². The summed E-state index contributed by atoms with van der Waals surface area (Å²) in [5.74, 6) is -0.285. The first-order valence-corrected chi connectivity index (χ1v) is 7.38. The highest BCUT2D eigenvalue weighted by atomic mass is 19.1. The van der Waals surface area contributed by atoms with E-state index < -0.39 is 6.10 Å². The minimum atomic E-state index is -0.578. The van der Waals surface area contributed by atoms with Crippen molar-refractivity contribution >= 4 is 0 Å². The van der Waals surface area contributed by atoms with Gasteiger partial charge in [-0.3, -0.25) is 0 Å². The van der Waals surface area contributed by atoms with Crippen LogP contribution in [0, 0.1) is 5.82 Å². The maximum atomic E-state index is 13.1. The minimum absolute atomic E-state index is 0.285. The van der Waals surface area contributed by atoms with Crippen LogP contribution in [0.2, 0.25) is 0 Å². The van der Waals surface area contributed by atoms with Crippen molar-refractivity contribution in [3.63, 3.8) is 0 Å². The third-order valence-electron chi connectivity index (χ3n) is 4.16. The van der Waals surface area contributed by atoms with E-state index in [1.54, 1.807) is 12.1 Å². The van der Waals surface area contributed by atoms with Crippen molar-refractivity contribution in [2.24, 2.45) is 0 Å². The van der Waals surface area contributed by atoms with Gasteiger partial charge in [-0.25, -0.2) is 4.39 Å². The Morgan fingerprint density at radius 3 is 2.95 bits per heavy atom. The van der Waals surface area contributed by atoms with Crippen LogP contribution in [-0.4, -0.2) is 54.7 Å². The maximum absolute atomic E-state index is 13.1. The van der Waals surface area contributed by atoms with Gasteiger partial charge in [-0.15, -0.1) is 0 Å². The van der Waals surface area contributed by atoms with Gasteiger partial charge in [0.25, 0.3) is 0 Å². The van der Waals surface area contributed by atoms with Crippen molar-refractivity contribution < 1.29 is 9.50 Å². The van der Waals surface area contributed by atoms with Crippen LogP contribution in [0.15, 0.2) is 24.3 Å². The van der Waals surface area contributed by atoms with E-state index in [4.69, 9.17) is 0 Å². The Bertz CT molecular complexity index is 425. The molecule has 4 heteroatoms. The van der Waals surface area contributed by atoms with Crippen LogP contribution in [0.25, 0.3) is 0 Å². The van der Waals surface area contributed by atoms with Crippen LogP contribution in [0.4, 0.5) is 4.39 Å². The van der Waals surface area contributed by atoms with Gasteiger partial charge in [0.1, 0.15) is 5.82 Å². The summed E-state index contributed by atoms with van der Waals surface area (Å²) in [5, 5.41) is 10.1. The van der Waals surface area contributed by atoms with E-state index in [9.17, 15) is 9.50 Å². The predicted octanol–water partition coefficient (Wildman–Crippen LogP) is 2.28. The third kappa shape index (κ3) is 4.27. The summed E-state index contributed by atoms with van der Waals surface area (Å²) in [6.45, 7) is 3.02. The largest absolute Gasteiger partial charge is 0.388 e. The van der Waals surface area contributed by atoms with Gasteiger partial charge in [-0.2, -0.15) is 0 Å². The Hall–Kier alpha value is -0.970. The topological polar surface area (TPSA) is 26.7 Å². The van der Waals surface area contributed by atoms with Crippen molar-refractivity contribution in [1.29, 1.82) is 0 Å². The smallest absolute Gasteiger partial charge is 0.123 e. The number of likely N-dealkylation sites (tertiary alicyclic amines) is 1. The summed E-state index contributed by atoms with van der Waals surface area (Å²) >= 11 is 0. The second-order valence-electron chi connectivity index (χ2n) is 5.92. The van der Waals surface area contributed by atoms with Crippen molar-refractivity contribution in [2.45, 2.75) is 31.4 Å². The Kier molecular flexibility index (Phi) is 5.52. The quantitative estimate of drug-likeness (QED) is 0.896. The molecule has 0 aliphatic carbocycles. The lowest BCUT2D eigenvalue weighted by Gasteiger charge is -2.36. The first kappa shape index (κ1) is 15.4. The van der Waals surface area contributed by atoms with Crippen LogP contribution in [0.5, 0.6) is 0 Å². The maximum Gasteiger partial charge on any atom is 0.123 e. The number of aliphatic hydroxyl groups excluding tert-OH is 1. The summed E-state index contributed by atoms with van der Waals surface area (Å²) in [6, 6.07) is 6.87. The Morgan fingerprint density at radius 1 is 1.45 bits per heavy atom. The van der Waals surface area contributed by atoms with E-state index in [0.717, 1.165) is 19.6 Å². The number of aliphatic hydroxyl groups is 1. The zero-order valence-electron chi connectivity index (χ0n) is 12.4. The molecular formula is C16H25FN2O. The highest BCUT2D eigenvalue weighted by Gasteiger charge is 2.21. The number of piperidine rings is 1. The number of nitrogens with zero attached hydrogens (tertiary/aromatic N) is 2. The van der Waals surface area contributed by atoms with Gasteiger partial charge in [0.2, 0.25) is 0 Å².